The van der Waals surface area contributed by atoms with E-state index in [0.717, 1.165) is 29.0 Å². The van der Waals surface area contributed by atoms with Crippen LogP contribution in [0.1, 0.15) is 47.8 Å². The van der Waals surface area contributed by atoms with Crippen LogP contribution < -0.4 is 15.8 Å². The third-order valence-corrected chi connectivity index (χ3v) is 6.39. The van der Waals surface area contributed by atoms with Crippen LogP contribution in [-0.4, -0.2) is 15.7 Å². The lowest BCUT2D eigenvalue weighted by Crippen LogP contribution is -2.14. The van der Waals surface area contributed by atoms with Gasteiger partial charge < -0.3 is 15.8 Å². The van der Waals surface area contributed by atoms with Crippen molar-refractivity contribution in [1.82, 2.24) is 9.78 Å². The van der Waals surface area contributed by atoms with Crippen molar-refractivity contribution in [3.63, 3.8) is 0 Å². The van der Waals surface area contributed by atoms with E-state index >= 15 is 0 Å². The van der Waals surface area contributed by atoms with Crippen molar-refractivity contribution >= 4 is 17.4 Å². The topological polar surface area (TPSA) is 82.2 Å². The van der Waals surface area contributed by atoms with Crippen LogP contribution in [0, 0.1) is 0 Å². The molecule has 0 saturated heterocycles. The first-order valence-corrected chi connectivity index (χ1v) is 11.9. The zero-order valence-electron chi connectivity index (χ0n) is 20.3. The van der Waals surface area contributed by atoms with Crippen molar-refractivity contribution in [3.05, 3.63) is 95.1 Å². The molecule has 0 bridgehead atoms. The average Bonchev–Trinajstić information content (AvgIpc) is 3.11. The number of fused-ring (bicyclic) bond motifs is 2. The number of aromatic nitrogens is 2. The van der Waals surface area contributed by atoms with Gasteiger partial charge >= 0.3 is 0 Å². The van der Waals surface area contributed by atoms with Crippen molar-refractivity contribution in [1.29, 1.82) is 0 Å². The highest BCUT2D eigenvalue weighted by Gasteiger charge is 2.26. The Labute approximate surface area is 205 Å². The lowest BCUT2D eigenvalue weighted by atomic mass is 9.85. The minimum atomic E-state index is -0.507. The number of nitrogens with zero attached hydrogens (tertiary/aromatic N) is 2. The largest absolute Gasteiger partial charge is 0.489 e. The van der Waals surface area contributed by atoms with Gasteiger partial charge in [0.05, 0.1) is 0 Å². The fourth-order valence-electron chi connectivity index (χ4n) is 4.38. The third-order valence-electron chi connectivity index (χ3n) is 6.39. The Morgan fingerprint density at radius 1 is 1.06 bits per heavy atom. The van der Waals surface area contributed by atoms with E-state index in [2.05, 4.69) is 44.3 Å². The number of nitrogens with two attached hydrogens (primary N) is 1. The third kappa shape index (κ3) is 4.64. The second-order valence-electron chi connectivity index (χ2n) is 9.96. The van der Waals surface area contributed by atoms with Crippen LogP contribution in [0.2, 0.25) is 0 Å². The summed E-state index contributed by atoms with van der Waals surface area (Å²) in [4.78, 5) is 12.6. The Hall–Kier alpha value is -4.06. The quantitative estimate of drug-likeness (QED) is 0.388. The van der Waals surface area contributed by atoms with Crippen LogP contribution in [-0.2, 0) is 25.0 Å². The number of anilines is 2. The van der Waals surface area contributed by atoms with Gasteiger partial charge in [0.1, 0.15) is 29.4 Å². The minimum absolute atomic E-state index is 0.0669. The molecular weight excluding hydrogens is 436 g/mol. The van der Waals surface area contributed by atoms with Crippen molar-refractivity contribution in [2.24, 2.45) is 5.73 Å². The molecule has 5 rings (SSSR count). The molecule has 178 valence electrons. The fourth-order valence-corrected chi connectivity index (χ4v) is 4.38. The first-order chi connectivity index (χ1) is 16.8. The molecule has 0 saturated carbocycles. The molecule has 2 heterocycles. The number of hydrogen-bond donors (Lipinski definition) is 2. The van der Waals surface area contributed by atoms with Gasteiger partial charge in [0, 0.05) is 17.8 Å². The van der Waals surface area contributed by atoms with E-state index in [1.807, 2.05) is 59.3 Å². The summed E-state index contributed by atoms with van der Waals surface area (Å²) in [6, 6.07) is 24.1. The smallest absolute Gasteiger partial charge is 0.254 e. The lowest BCUT2D eigenvalue weighted by molar-refractivity contribution is 0.100. The van der Waals surface area contributed by atoms with Crippen molar-refractivity contribution in [3.8, 4) is 17.0 Å². The van der Waals surface area contributed by atoms with Gasteiger partial charge in [0.15, 0.2) is 0 Å². The predicted molar refractivity (Wildman–Crippen MR) is 139 cm³/mol. The first-order valence-electron chi connectivity index (χ1n) is 11.9. The molecule has 6 heteroatoms. The molecule has 0 aliphatic carbocycles. The maximum absolute atomic E-state index is 12.6. The van der Waals surface area contributed by atoms with Crippen molar-refractivity contribution in [2.75, 3.05) is 5.32 Å². The molecule has 1 amide bonds. The molecule has 0 fully saturated rings. The molecule has 3 N–H and O–H groups in total. The Balaban J connectivity index is 1.43. The van der Waals surface area contributed by atoms with Crippen molar-refractivity contribution < 1.29 is 9.53 Å². The number of carbonyl (C=O) groups is 1. The molecule has 0 atom stereocenters. The van der Waals surface area contributed by atoms with Gasteiger partial charge in [-0.2, -0.15) is 5.10 Å². The van der Waals surface area contributed by atoms with Crippen molar-refractivity contribution in [2.45, 2.75) is 45.8 Å². The summed E-state index contributed by atoms with van der Waals surface area (Å²) in [5.74, 6) is 0.882. The Bertz CT molecular complexity index is 1370. The van der Waals surface area contributed by atoms with Crippen LogP contribution >= 0.6 is 0 Å². The van der Waals surface area contributed by atoms with Gasteiger partial charge in [0.2, 0.25) is 0 Å². The van der Waals surface area contributed by atoms with E-state index in [4.69, 9.17) is 15.6 Å². The van der Waals surface area contributed by atoms with Crippen LogP contribution in [0.4, 0.5) is 11.5 Å². The summed E-state index contributed by atoms with van der Waals surface area (Å²) in [5.41, 5.74) is 12.3. The minimum Gasteiger partial charge on any atom is -0.489 e. The monoisotopic (exact) mass is 466 g/mol. The Kier molecular flexibility index (Phi) is 5.81. The molecular formula is C29H30N4O2. The van der Waals surface area contributed by atoms with E-state index in [9.17, 15) is 4.79 Å². The molecule has 4 aromatic rings. The SMILES string of the molecule is CC(C)(C)c1ccc2c(c1)CCn1nc(-c3ccc(OCc4ccccc4)cc3)c(C(N)=O)c1N2. The number of primary amides is 1. The normalized spacial score (nSPS) is 12.8. The van der Waals surface area contributed by atoms with E-state index in [-0.39, 0.29) is 5.41 Å². The number of nitrogens with one attached hydrogen (secondary N) is 1. The van der Waals surface area contributed by atoms with Crippen LogP contribution in [0.3, 0.4) is 0 Å². The van der Waals surface area contributed by atoms with Gasteiger partial charge in [0.25, 0.3) is 5.91 Å². The molecule has 6 nitrogen and oxygen atoms in total. The summed E-state index contributed by atoms with van der Waals surface area (Å²) < 4.78 is 7.75. The molecule has 0 unspecified atom stereocenters. The molecule has 1 aromatic heterocycles. The molecule has 3 aromatic carbocycles. The molecule has 1 aliphatic heterocycles. The number of carbonyl (C=O) groups excluding carboxylic acids is 1. The summed E-state index contributed by atoms with van der Waals surface area (Å²) in [5, 5.41) is 8.24. The van der Waals surface area contributed by atoms with Crippen LogP contribution in [0.5, 0.6) is 5.75 Å². The van der Waals surface area contributed by atoms with E-state index in [1.54, 1.807) is 0 Å². The fraction of sp³-hybridized carbons (Fsp3) is 0.241. The summed E-state index contributed by atoms with van der Waals surface area (Å²) in [6.07, 6.45) is 0.810. The van der Waals surface area contributed by atoms with Crippen LogP contribution in [0.25, 0.3) is 11.3 Å². The molecule has 0 spiro atoms. The summed E-state index contributed by atoms with van der Waals surface area (Å²) in [7, 11) is 0. The number of rotatable bonds is 5. The lowest BCUT2D eigenvalue weighted by Gasteiger charge is -2.21. The standard InChI is InChI=1S/C29H30N4O2/c1-29(2,3)22-11-14-24-21(17-22)15-16-33-28(31-24)25(27(30)34)26(32-33)20-9-12-23(13-10-20)35-18-19-7-5-4-6-8-19/h4-14,17,31H,15-16,18H2,1-3H3,(H2,30,34). The van der Waals surface area contributed by atoms with Gasteiger partial charge in [-0.1, -0.05) is 63.2 Å². The zero-order chi connectivity index (χ0) is 24.6. The predicted octanol–water partition coefficient (Wildman–Crippen LogP) is 5.83. The highest BCUT2D eigenvalue weighted by Crippen LogP contribution is 2.36. The molecule has 0 radical (unpaired) electrons. The Morgan fingerprint density at radius 2 is 1.80 bits per heavy atom. The summed E-state index contributed by atoms with van der Waals surface area (Å²) >= 11 is 0. The number of aryl methyl sites for hydroxylation is 2. The first kappa shape index (κ1) is 22.7. The molecule has 35 heavy (non-hydrogen) atoms. The van der Waals surface area contributed by atoms with Gasteiger partial charge in [-0.15, -0.1) is 0 Å². The highest BCUT2D eigenvalue weighted by molar-refractivity contribution is 6.04. The highest BCUT2D eigenvalue weighted by atomic mass is 16.5. The zero-order valence-corrected chi connectivity index (χ0v) is 20.3. The maximum Gasteiger partial charge on any atom is 0.254 e. The average molecular weight is 467 g/mol. The van der Waals surface area contributed by atoms with Gasteiger partial charge in [-0.25, -0.2) is 4.68 Å². The van der Waals surface area contributed by atoms with Gasteiger partial charge in [-0.3, -0.25) is 4.79 Å². The second-order valence-corrected chi connectivity index (χ2v) is 9.96. The van der Waals surface area contributed by atoms with E-state index < -0.39 is 5.91 Å². The number of ether oxygens (including phenoxy) is 1. The van der Waals surface area contributed by atoms with Crippen LogP contribution in [0.15, 0.2) is 72.8 Å². The molecule has 1 aliphatic rings. The number of hydrogen-bond acceptors (Lipinski definition) is 4. The number of benzene rings is 3. The second kappa shape index (κ2) is 8.95. The van der Waals surface area contributed by atoms with Gasteiger partial charge in [-0.05, 0) is 58.9 Å². The van der Waals surface area contributed by atoms with E-state index in [0.29, 0.717) is 30.2 Å². The Morgan fingerprint density at radius 3 is 2.49 bits per heavy atom. The maximum atomic E-state index is 12.6. The summed E-state index contributed by atoms with van der Waals surface area (Å²) in [6.45, 7) is 7.77. The van der Waals surface area contributed by atoms with E-state index in [1.165, 1.54) is 11.1 Å². The number of amides is 1.